The summed E-state index contributed by atoms with van der Waals surface area (Å²) in [6.45, 7) is 0.284. The van der Waals surface area contributed by atoms with Crippen LogP contribution in [0.1, 0.15) is 16.7 Å². The van der Waals surface area contributed by atoms with Gasteiger partial charge in [0, 0.05) is 0 Å². The number of hydrogen-bond acceptors (Lipinski definition) is 4. The standard InChI is InChI=1S/C23H21FN2O3/c1-28-21-9-5-17(6-10-21)14-23(27)26-25-15-18-7-11-22(12-8-18)29-16-19-3-2-4-20(24)13-19/h2-13,15H,14,16H2,1H3,(H,26,27)/b25-15-. The summed E-state index contributed by atoms with van der Waals surface area (Å²) in [4.78, 5) is 12.0. The van der Waals surface area contributed by atoms with Gasteiger partial charge in [0.25, 0.3) is 0 Å². The van der Waals surface area contributed by atoms with Gasteiger partial charge in [-0.25, -0.2) is 9.82 Å². The van der Waals surface area contributed by atoms with Crippen LogP contribution < -0.4 is 14.9 Å². The van der Waals surface area contributed by atoms with E-state index in [0.29, 0.717) is 5.75 Å². The molecule has 148 valence electrons. The van der Waals surface area contributed by atoms with Crippen LogP contribution in [0.15, 0.2) is 77.9 Å². The minimum absolute atomic E-state index is 0.207. The number of benzene rings is 3. The molecule has 0 aliphatic carbocycles. The average molecular weight is 392 g/mol. The van der Waals surface area contributed by atoms with Crippen molar-refractivity contribution in [3.05, 3.63) is 95.3 Å². The summed E-state index contributed by atoms with van der Waals surface area (Å²) in [7, 11) is 1.60. The number of halogens is 1. The first kappa shape index (κ1) is 20.1. The second-order valence-corrected chi connectivity index (χ2v) is 6.31. The Kier molecular flexibility index (Phi) is 6.95. The van der Waals surface area contributed by atoms with E-state index in [1.54, 1.807) is 37.6 Å². The van der Waals surface area contributed by atoms with Crippen molar-refractivity contribution in [3.63, 3.8) is 0 Å². The molecule has 6 heteroatoms. The third-order valence-electron chi connectivity index (χ3n) is 4.10. The molecule has 0 spiro atoms. The highest BCUT2D eigenvalue weighted by molar-refractivity contribution is 5.83. The summed E-state index contributed by atoms with van der Waals surface area (Å²) in [5.41, 5.74) is 4.95. The Balaban J connectivity index is 1.45. The molecule has 0 bridgehead atoms. The number of ether oxygens (including phenoxy) is 2. The first-order valence-corrected chi connectivity index (χ1v) is 9.04. The maximum absolute atomic E-state index is 13.2. The predicted molar refractivity (Wildman–Crippen MR) is 110 cm³/mol. The van der Waals surface area contributed by atoms with Gasteiger partial charge in [0.15, 0.2) is 0 Å². The number of carbonyl (C=O) groups excluding carboxylic acids is 1. The Morgan fingerprint density at radius 3 is 2.41 bits per heavy atom. The number of nitrogens with zero attached hydrogens (tertiary/aromatic N) is 1. The first-order chi connectivity index (χ1) is 14.1. The Morgan fingerprint density at radius 1 is 1.00 bits per heavy atom. The molecule has 0 aliphatic heterocycles. The third kappa shape index (κ3) is 6.46. The van der Waals surface area contributed by atoms with Gasteiger partial charge in [-0.15, -0.1) is 0 Å². The van der Waals surface area contributed by atoms with Gasteiger partial charge in [-0.1, -0.05) is 24.3 Å². The molecule has 0 atom stereocenters. The van der Waals surface area contributed by atoms with E-state index in [1.807, 2.05) is 36.4 Å². The molecular weight excluding hydrogens is 371 g/mol. The zero-order chi connectivity index (χ0) is 20.5. The molecule has 3 rings (SSSR count). The number of hydrogen-bond donors (Lipinski definition) is 1. The maximum Gasteiger partial charge on any atom is 0.244 e. The number of hydrazone groups is 1. The Morgan fingerprint density at radius 2 is 1.72 bits per heavy atom. The van der Waals surface area contributed by atoms with Gasteiger partial charge in [-0.05, 0) is 65.2 Å². The lowest BCUT2D eigenvalue weighted by atomic mass is 10.1. The van der Waals surface area contributed by atoms with Crippen molar-refractivity contribution in [1.82, 2.24) is 5.43 Å². The summed E-state index contributed by atoms with van der Waals surface area (Å²) >= 11 is 0. The number of methoxy groups -OCH3 is 1. The minimum Gasteiger partial charge on any atom is -0.497 e. The van der Waals surface area contributed by atoms with Crippen LogP contribution in [0.3, 0.4) is 0 Å². The fourth-order valence-electron chi connectivity index (χ4n) is 2.59. The summed E-state index contributed by atoms with van der Waals surface area (Å²) in [5.74, 6) is 0.915. The van der Waals surface area contributed by atoms with Crippen LogP contribution in [0.2, 0.25) is 0 Å². The highest BCUT2D eigenvalue weighted by Gasteiger charge is 2.02. The second kappa shape index (κ2) is 10.0. The van der Waals surface area contributed by atoms with E-state index in [0.717, 1.165) is 22.4 Å². The van der Waals surface area contributed by atoms with Crippen LogP contribution in [0, 0.1) is 5.82 Å². The van der Waals surface area contributed by atoms with E-state index in [9.17, 15) is 9.18 Å². The molecule has 0 unspecified atom stereocenters. The molecule has 3 aromatic carbocycles. The van der Waals surface area contributed by atoms with Crippen molar-refractivity contribution in [1.29, 1.82) is 0 Å². The molecule has 29 heavy (non-hydrogen) atoms. The highest BCUT2D eigenvalue weighted by atomic mass is 19.1. The van der Waals surface area contributed by atoms with Gasteiger partial charge in [-0.2, -0.15) is 5.10 Å². The number of nitrogens with one attached hydrogen (secondary N) is 1. The van der Waals surface area contributed by atoms with Crippen molar-refractivity contribution >= 4 is 12.1 Å². The molecule has 0 radical (unpaired) electrons. The molecule has 0 heterocycles. The number of carbonyl (C=O) groups is 1. The zero-order valence-electron chi connectivity index (χ0n) is 16.0. The van der Waals surface area contributed by atoms with Gasteiger partial charge in [-0.3, -0.25) is 4.79 Å². The molecule has 0 saturated heterocycles. The minimum atomic E-state index is -0.285. The van der Waals surface area contributed by atoms with Crippen molar-refractivity contribution in [3.8, 4) is 11.5 Å². The van der Waals surface area contributed by atoms with Crippen LogP contribution in [0.25, 0.3) is 0 Å². The van der Waals surface area contributed by atoms with E-state index in [1.165, 1.54) is 12.1 Å². The molecule has 0 fully saturated rings. The van der Waals surface area contributed by atoms with Crippen molar-refractivity contribution in [2.75, 3.05) is 7.11 Å². The van der Waals surface area contributed by atoms with E-state index < -0.39 is 0 Å². The Bertz CT molecular complexity index is 970. The molecule has 1 N–H and O–H groups in total. The van der Waals surface area contributed by atoms with Crippen molar-refractivity contribution in [2.24, 2.45) is 5.10 Å². The summed E-state index contributed by atoms with van der Waals surface area (Å²) < 4.78 is 23.9. The van der Waals surface area contributed by atoms with Crippen LogP contribution >= 0.6 is 0 Å². The fraction of sp³-hybridized carbons (Fsp3) is 0.130. The largest absolute Gasteiger partial charge is 0.497 e. The molecule has 0 saturated carbocycles. The van der Waals surface area contributed by atoms with Crippen LogP contribution in [0.4, 0.5) is 4.39 Å². The van der Waals surface area contributed by atoms with Crippen LogP contribution in [-0.2, 0) is 17.8 Å². The molecule has 3 aromatic rings. The normalized spacial score (nSPS) is 10.7. The Labute approximate surface area is 168 Å². The molecule has 0 aromatic heterocycles. The number of amides is 1. The van der Waals surface area contributed by atoms with E-state index in [4.69, 9.17) is 9.47 Å². The highest BCUT2D eigenvalue weighted by Crippen LogP contribution is 2.14. The molecule has 0 aliphatic rings. The molecule has 1 amide bonds. The third-order valence-corrected chi connectivity index (χ3v) is 4.10. The van der Waals surface area contributed by atoms with Gasteiger partial charge in [0.05, 0.1) is 19.7 Å². The monoisotopic (exact) mass is 392 g/mol. The quantitative estimate of drug-likeness (QED) is 0.464. The molecular formula is C23H21FN2O3. The predicted octanol–water partition coefficient (Wildman–Crippen LogP) is 4.11. The van der Waals surface area contributed by atoms with Gasteiger partial charge >= 0.3 is 0 Å². The molecule has 5 nitrogen and oxygen atoms in total. The van der Waals surface area contributed by atoms with E-state index in [-0.39, 0.29) is 24.8 Å². The van der Waals surface area contributed by atoms with E-state index in [2.05, 4.69) is 10.5 Å². The van der Waals surface area contributed by atoms with E-state index >= 15 is 0 Å². The first-order valence-electron chi connectivity index (χ1n) is 9.04. The van der Waals surface area contributed by atoms with Gasteiger partial charge < -0.3 is 9.47 Å². The van der Waals surface area contributed by atoms with Crippen molar-refractivity contribution < 1.29 is 18.7 Å². The lowest BCUT2D eigenvalue weighted by molar-refractivity contribution is -0.120. The smallest absolute Gasteiger partial charge is 0.244 e. The topological polar surface area (TPSA) is 59.9 Å². The van der Waals surface area contributed by atoms with Gasteiger partial charge in [0.2, 0.25) is 5.91 Å². The summed E-state index contributed by atoms with van der Waals surface area (Å²) in [6, 6.07) is 20.8. The summed E-state index contributed by atoms with van der Waals surface area (Å²) in [5, 5.41) is 3.97. The SMILES string of the molecule is COc1ccc(CC(=O)N/N=C\c2ccc(OCc3cccc(F)c3)cc2)cc1. The second-order valence-electron chi connectivity index (χ2n) is 6.31. The lowest BCUT2D eigenvalue weighted by Gasteiger charge is -2.06. The zero-order valence-corrected chi connectivity index (χ0v) is 16.0. The summed E-state index contributed by atoms with van der Waals surface area (Å²) in [6.07, 6.45) is 1.79. The Hall–Kier alpha value is -3.67. The average Bonchev–Trinajstić information content (AvgIpc) is 2.74. The number of rotatable bonds is 8. The van der Waals surface area contributed by atoms with Gasteiger partial charge in [0.1, 0.15) is 23.9 Å². The lowest BCUT2D eigenvalue weighted by Crippen LogP contribution is -2.19. The van der Waals surface area contributed by atoms with Crippen molar-refractivity contribution in [2.45, 2.75) is 13.0 Å². The van der Waals surface area contributed by atoms with Crippen LogP contribution in [0.5, 0.6) is 11.5 Å². The van der Waals surface area contributed by atoms with Crippen LogP contribution in [-0.4, -0.2) is 19.2 Å². The maximum atomic E-state index is 13.2. The fourth-order valence-corrected chi connectivity index (χ4v) is 2.59.